The van der Waals surface area contributed by atoms with E-state index in [2.05, 4.69) is 5.32 Å². The van der Waals surface area contributed by atoms with Crippen LogP contribution in [0.15, 0.2) is 24.3 Å². The molecular weight excluding hydrogens is 276 g/mol. The van der Waals surface area contributed by atoms with Gasteiger partial charge in [0, 0.05) is 24.6 Å². The molecule has 0 aliphatic heterocycles. The number of carboxylic acid groups (broad SMARTS) is 1. The fourth-order valence-electron chi connectivity index (χ4n) is 2.51. The van der Waals surface area contributed by atoms with Gasteiger partial charge in [-0.25, -0.2) is 0 Å². The molecule has 1 aliphatic carbocycles. The number of aliphatic carboxylic acids is 1. The first-order valence-corrected chi connectivity index (χ1v) is 6.71. The van der Waals surface area contributed by atoms with E-state index in [-0.39, 0.29) is 24.1 Å². The normalized spacial score (nSPS) is 21.0. The standard InChI is InChI=1S/C14H16N2O5/c17-13(10-3-4-11(7-10)14(18)19)15-8-9-1-5-12(6-2-9)16(20)21/h1-2,5-6,10-11H,3-4,7-8H2,(H,15,17)(H,18,19)/t10-,11+/m0/s1. The van der Waals surface area contributed by atoms with Crippen LogP contribution in [0.4, 0.5) is 5.69 Å². The van der Waals surface area contributed by atoms with Crippen molar-refractivity contribution in [1.82, 2.24) is 5.32 Å². The second-order valence-electron chi connectivity index (χ2n) is 5.19. The first-order chi connectivity index (χ1) is 9.97. The third-order valence-corrected chi connectivity index (χ3v) is 3.77. The smallest absolute Gasteiger partial charge is 0.306 e. The van der Waals surface area contributed by atoms with E-state index >= 15 is 0 Å². The maximum atomic E-state index is 11.9. The summed E-state index contributed by atoms with van der Waals surface area (Å²) in [6.45, 7) is 0.283. The maximum absolute atomic E-state index is 11.9. The SMILES string of the molecule is O=C(O)[C@@H]1CC[C@H](C(=O)NCc2ccc([N+](=O)[O-])cc2)C1. The zero-order valence-electron chi connectivity index (χ0n) is 11.3. The lowest BCUT2D eigenvalue weighted by atomic mass is 10.0. The van der Waals surface area contributed by atoms with Crippen molar-refractivity contribution in [3.63, 3.8) is 0 Å². The molecule has 7 heteroatoms. The molecule has 2 rings (SSSR count). The van der Waals surface area contributed by atoms with E-state index in [0.29, 0.717) is 19.3 Å². The van der Waals surface area contributed by atoms with Gasteiger partial charge in [0.1, 0.15) is 0 Å². The van der Waals surface area contributed by atoms with Crippen LogP contribution in [0, 0.1) is 22.0 Å². The Hall–Kier alpha value is -2.44. The van der Waals surface area contributed by atoms with Gasteiger partial charge in [0.05, 0.1) is 10.8 Å². The average molecular weight is 292 g/mol. The highest BCUT2D eigenvalue weighted by Crippen LogP contribution is 2.31. The van der Waals surface area contributed by atoms with Gasteiger partial charge in [-0.3, -0.25) is 19.7 Å². The van der Waals surface area contributed by atoms with E-state index in [4.69, 9.17) is 5.11 Å². The Bertz CT molecular complexity index is 555. The molecule has 2 atom stereocenters. The fraction of sp³-hybridized carbons (Fsp3) is 0.429. The number of carboxylic acids is 1. The summed E-state index contributed by atoms with van der Waals surface area (Å²) < 4.78 is 0. The van der Waals surface area contributed by atoms with Gasteiger partial charge in [0.15, 0.2) is 0 Å². The quantitative estimate of drug-likeness (QED) is 0.634. The topological polar surface area (TPSA) is 110 Å². The Labute approximate surface area is 121 Å². The number of rotatable bonds is 5. The van der Waals surface area contributed by atoms with Crippen molar-refractivity contribution in [1.29, 1.82) is 0 Å². The van der Waals surface area contributed by atoms with Crippen molar-refractivity contribution in [2.75, 3.05) is 0 Å². The molecule has 0 saturated heterocycles. The number of nitrogens with one attached hydrogen (secondary N) is 1. The van der Waals surface area contributed by atoms with E-state index in [0.717, 1.165) is 5.56 Å². The Morgan fingerprint density at radius 3 is 2.38 bits per heavy atom. The second kappa shape index (κ2) is 6.34. The number of non-ortho nitro benzene ring substituents is 1. The summed E-state index contributed by atoms with van der Waals surface area (Å²) in [5, 5.41) is 22.2. The molecule has 1 saturated carbocycles. The zero-order valence-corrected chi connectivity index (χ0v) is 11.3. The van der Waals surface area contributed by atoms with Crippen LogP contribution in [-0.4, -0.2) is 21.9 Å². The molecule has 1 aromatic rings. The van der Waals surface area contributed by atoms with Crippen molar-refractivity contribution in [2.24, 2.45) is 11.8 Å². The predicted octanol–water partition coefficient (Wildman–Crippen LogP) is 1.71. The van der Waals surface area contributed by atoms with Crippen LogP contribution >= 0.6 is 0 Å². The number of amides is 1. The largest absolute Gasteiger partial charge is 0.481 e. The Morgan fingerprint density at radius 2 is 1.86 bits per heavy atom. The summed E-state index contributed by atoms with van der Waals surface area (Å²) in [6, 6.07) is 5.95. The number of hydrogen-bond donors (Lipinski definition) is 2. The highest BCUT2D eigenvalue weighted by Gasteiger charge is 2.33. The number of nitro benzene ring substituents is 1. The zero-order chi connectivity index (χ0) is 15.4. The summed E-state index contributed by atoms with van der Waals surface area (Å²) in [6.07, 6.45) is 1.50. The van der Waals surface area contributed by atoms with Crippen molar-refractivity contribution in [3.8, 4) is 0 Å². The van der Waals surface area contributed by atoms with Gasteiger partial charge >= 0.3 is 5.97 Å². The van der Waals surface area contributed by atoms with Gasteiger partial charge in [-0.2, -0.15) is 0 Å². The molecule has 1 amide bonds. The molecule has 0 spiro atoms. The van der Waals surface area contributed by atoms with E-state index in [1.165, 1.54) is 12.1 Å². The molecule has 21 heavy (non-hydrogen) atoms. The van der Waals surface area contributed by atoms with Crippen molar-refractivity contribution >= 4 is 17.6 Å². The highest BCUT2D eigenvalue weighted by atomic mass is 16.6. The number of carbonyl (C=O) groups excluding carboxylic acids is 1. The molecule has 1 aromatic carbocycles. The Morgan fingerprint density at radius 1 is 1.24 bits per heavy atom. The number of benzene rings is 1. The molecular formula is C14H16N2O5. The third kappa shape index (κ3) is 3.77. The van der Waals surface area contributed by atoms with Gasteiger partial charge in [0.25, 0.3) is 5.69 Å². The van der Waals surface area contributed by atoms with E-state index in [1.807, 2.05) is 0 Å². The number of carbonyl (C=O) groups is 2. The second-order valence-corrected chi connectivity index (χ2v) is 5.19. The lowest BCUT2D eigenvalue weighted by Gasteiger charge is -2.10. The highest BCUT2D eigenvalue weighted by molar-refractivity contribution is 5.80. The average Bonchev–Trinajstić information content (AvgIpc) is 2.95. The summed E-state index contributed by atoms with van der Waals surface area (Å²) >= 11 is 0. The third-order valence-electron chi connectivity index (χ3n) is 3.77. The fourth-order valence-corrected chi connectivity index (χ4v) is 2.51. The minimum Gasteiger partial charge on any atom is -0.481 e. The molecule has 0 radical (unpaired) electrons. The Balaban J connectivity index is 1.84. The van der Waals surface area contributed by atoms with E-state index < -0.39 is 16.8 Å². The van der Waals surface area contributed by atoms with Crippen LogP contribution in [0.5, 0.6) is 0 Å². The summed E-state index contributed by atoms with van der Waals surface area (Å²) in [5.41, 5.74) is 0.770. The molecule has 0 heterocycles. The summed E-state index contributed by atoms with van der Waals surface area (Å²) in [5.74, 6) is -1.69. The van der Waals surface area contributed by atoms with Crippen molar-refractivity contribution < 1.29 is 19.6 Å². The lowest BCUT2D eigenvalue weighted by Crippen LogP contribution is -2.29. The molecule has 0 bridgehead atoms. The van der Waals surface area contributed by atoms with Gasteiger partial charge in [-0.15, -0.1) is 0 Å². The Kier molecular flexibility index (Phi) is 4.52. The lowest BCUT2D eigenvalue weighted by molar-refractivity contribution is -0.384. The minimum absolute atomic E-state index is 0.00479. The number of nitrogens with zero attached hydrogens (tertiary/aromatic N) is 1. The van der Waals surface area contributed by atoms with Gasteiger partial charge in [0.2, 0.25) is 5.91 Å². The molecule has 0 unspecified atom stereocenters. The van der Waals surface area contributed by atoms with Crippen LogP contribution in [0.3, 0.4) is 0 Å². The molecule has 1 aliphatic rings. The van der Waals surface area contributed by atoms with Crippen LogP contribution < -0.4 is 5.32 Å². The number of hydrogen-bond acceptors (Lipinski definition) is 4. The number of nitro groups is 1. The molecule has 2 N–H and O–H groups in total. The first-order valence-electron chi connectivity index (χ1n) is 6.71. The maximum Gasteiger partial charge on any atom is 0.306 e. The van der Waals surface area contributed by atoms with Crippen LogP contribution in [0.25, 0.3) is 0 Å². The summed E-state index contributed by atoms with van der Waals surface area (Å²) in [7, 11) is 0. The van der Waals surface area contributed by atoms with Gasteiger partial charge in [-0.05, 0) is 24.8 Å². The van der Waals surface area contributed by atoms with Crippen LogP contribution in [-0.2, 0) is 16.1 Å². The van der Waals surface area contributed by atoms with Gasteiger partial charge in [-0.1, -0.05) is 12.1 Å². The molecule has 7 nitrogen and oxygen atoms in total. The van der Waals surface area contributed by atoms with E-state index in [1.54, 1.807) is 12.1 Å². The van der Waals surface area contributed by atoms with E-state index in [9.17, 15) is 19.7 Å². The van der Waals surface area contributed by atoms with Crippen LogP contribution in [0.2, 0.25) is 0 Å². The van der Waals surface area contributed by atoms with Crippen LogP contribution in [0.1, 0.15) is 24.8 Å². The molecule has 0 aromatic heterocycles. The van der Waals surface area contributed by atoms with Gasteiger partial charge < -0.3 is 10.4 Å². The minimum atomic E-state index is -0.847. The molecule has 1 fully saturated rings. The predicted molar refractivity (Wildman–Crippen MR) is 73.4 cm³/mol. The molecule has 112 valence electrons. The monoisotopic (exact) mass is 292 g/mol. The summed E-state index contributed by atoms with van der Waals surface area (Å²) in [4.78, 5) is 32.8. The van der Waals surface area contributed by atoms with Crippen molar-refractivity contribution in [3.05, 3.63) is 39.9 Å². The van der Waals surface area contributed by atoms with Crippen molar-refractivity contribution in [2.45, 2.75) is 25.8 Å². The first kappa shape index (κ1) is 15.0.